The van der Waals surface area contributed by atoms with E-state index in [2.05, 4.69) is 25.9 Å². The molecule has 1 aromatic carbocycles. The number of hydrogen-bond donors (Lipinski definition) is 2. The van der Waals surface area contributed by atoms with Crippen LogP contribution in [-0.4, -0.2) is 25.9 Å². The summed E-state index contributed by atoms with van der Waals surface area (Å²) in [5.74, 6) is -0.116. The van der Waals surface area contributed by atoms with Gasteiger partial charge in [-0.25, -0.2) is 9.67 Å². The first-order valence-electron chi connectivity index (χ1n) is 7.55. The van der Waals surface area contributed by atoms with Crippen LogP contribution in [0.1, 0.15) is 31.3 Å². The summed E-state index contributed by atoms with van der Waals surface area (Å²) in [5.41, 5.74) is 2.71. The lowest BCUT2D eigenvalue weighted by Crippen LogP contribution is -2.18. The van der Waals surface area contributed by atoms with Crippen LogP contribution in [-0.2, 0) is 11.3 Å². The number of anilines is 1. The second kappa shape index (κ2) is 7.33. The molecule has 7 nitrogen and oxygen atoms in total. The van der Waals surface area contributed by atoms with Gasteiger partial charge >= 0.3 is 0 Å². The molecular formula is C16H18N6OS. The number of thiazole rings is 1. The van der Waals surface area contributed by atoms with Gasteiger partial charge in [0.2, 0.25) is 5.91 Å². The Balaban J connectivity index is 1.59. The van der Waals surface area contributed by atoms with Crippen molar-refractivity contribution in [3.8, 4) is 5.69 Å². The third kappa shape index (κ3) is 4.03. The van der Waals surface area contributed by atoms with Crippen LogP contribution in [0.2, 0.25) is 0 Å². The zero-order valence-corrected chi connectivity index (χ0v) is 14.2. The summed E-state index contributed by atoms with van der Waals surface area (Å²) >= 11 is 1.41. The van der Waals surface area contributed by atoms with Gasteiger partial charge in [0, 0.05) is 18.8 Å². The minimum atomic E-state index is -0.116. The predicted molar refractivity (Wildman–Crippen MR) is 93.0 cm³/mol. The minimum Gasteiger partial charge on any atom is -0.303 e. The molecule has 0 spiro atoms. The summed E-state index contributed by atoms with van der Waals surface area (Å²) in [6, 6.07) is 9.90. The van der Waals surface area contributed by atoms with Gasteiger partial charge in [-0.2, -0.15) is 0 Å². The Kier molecular flexibility index (Phi) is 4.97. The van der Waals surface area contributed by atoms with Crippen LogP contribution in [0, 0.1) is 0 Å². The molecule has 2 heterocycles. The number of para-hydroxylation sites is 1. The van der Waals surface area contributed by atoms with Gasteiger partial charge in [0.1, 0.15) is 0 Å². The molecule has 1 unspecified atom stereocenters. The molecule has 3 aromatic rings. The van der Waals surface area contributed by atoms with E-state index in [9.17, 15) is 4.79 Å². The van der Waals surface area contributed by atoms with E-state index in [-0.39, 0.29) is 11.9 Å². The molecule has 8 heteroatoms. The number of nitrogens with one attached hydrogen (secondary N) is 2. The van der Waals surface area contributed by atoms with Crippen molar-refractivity contribution in [2.24, 2.45) is 0 Å². The first-order valence-corrected chi connectivity index (χ1v) is 8.43. The molecule has 3 rings (SSSR count). The summed E-state index contributed by atoms with van der Waals surface area (Å²) in [4.78, 5) is 15.4. The molecular weight excluding hydrogens is 324 g/mol. The number of nitrogens with zero attached hydrogens (tertiary/aromatic N) is 4. The molecule has 124 valence electrons. The highest BCUT2D eigenvalue weighted by atomic mass is 32.1. The SMILES string of the molecule is CC(=O)Nc1nc(CNC(C)c2cn(-c3ccccc3)nn2)cs1. The molecule has 0 saturated carbocycles. The topological polar surface area (TPSA) is 84.7 Å². The Morgan fingerprint density at radius 3 is 2.88 bits per heavy atom. The monoisotopic (exact) mass is 342 g/mol. The fourth-order valence-corrected chi connectivity index (χ4v) is 2.90. The lowest BCUT2D eigenvalue weighted by Gasteiger charge is -2.09. The summed E-state index contributed by atoms with van der Waals surface area (Å²) in [5, 5.41) is 17.0. The van der Waals surface area contributed by atoms with Crippen molar-refractivity contribution < 1.29 is 4.79 Å². The lowest BCUT2D eigenvalue weighted by atomic mass is 10.2. The third-order valence-electron chi connectivity index (χ3n) is 3.40. The molecule has 0 aliphatic rings. The van der Waals surface area contributed by atoms with Crippen LogP contribution in [0.25, 0.3) is 5.69 Å². The molecule has 0 radical (unpaired) electrons. The zero-order chi connectivity index (χ0) is 16.9. The van der Waals surface area contributed by atoms with Crippen LogP contribution in [0.15, 0.2) is 41.9 Å². The number of amides is 1. The maximum Gasteiger partial charge on any atom is 0.223 e. The second-order valence-electron chi connectivity index (χ2n) is 5.35. The predicted octanol–water partition coefficient (Wildman–Crippen LogP) is 2.53. The summed E-state index contributed by atoms with van der Waals surface area (Å²) in [6.45, 7) is 4.09. The van der Waals surface area contributed by atoms with E-state index in [4.69, 9.17) is 0 Å². The maximum atomic E-state index is 11.0. The third-order valence-corrected chi connectivity index (χ3v) is 4.21. The van der Waals surface area contributed by atoms with Crippen molar-refractivity contribution in [1.29, 1.82) is 0 Å². The smallest absolute Gasteiger partial charge is 0.223 e. The quantitative estimate of drug-likeness (QED) is 0.719. The number of carbonyl (C=O) groups excluding carboxylic acids is 1. The molecule has 1 atom stereocenters. The van der Waals surface area contributed by atoms with E-state index >= 15 is 0 Å². The first kappa shape index (κ1) is 16.3. The normalized spacial score (nSPS) is 12.1. The van der Waals surface area contributed by atoms with Gasteiger partial charge < -0.3 is 10.6 Å². The Labute approximate surface area is 143 Å². The fraction of sp³-hybridized carbons (Fsp3) is 0.250. The average molecular weight is 342 g/mol. The van der Waals surface area contributed by atoms with E-state index in [0.29, 0.717) is 11.7 Å². The van der Waals surface area contributed by atoms with Gasteiger partial charge in [0.25, 0.3) is 0 Å². The molecule has 2 N–H and O–H groups in total. The number of rotatable bonds is 6. The Bertz CT molecular complexity index is 813. The van der Waals surface area contributed by atoms with Crippen LogP contribution in [0.4, 0.5) is 5.13 Å². The van der Waals surface area contributed by atoms with Crippen molar-refractivity contribution >= 4 is 22.4 Å². The van der Waals surface area contributed by atoms with Crippen LogP contribution in [0.3, 0.4) is 0 Å². The van der Waals surface area contributed by atoms with Gasteiger partial charge in [0.05, 0.1) is 29.3 Å². The van der Waals surface area contributed by atoms with E-state index < -0.39 is 0 Å². The van der Waals surface area contributed by atoms with Crippen LogP contribution in [0.5, 0.6) is 0 Å². The zero-order valence-electron chi connectivity index (χ0n) is 13.4. The maximum absolute atomic E-state index is 11.0. The van der Waals surface area contributed by atoms with Crippen LogP contribution < -0.4 is 10.6 Å². The Hall–Kier alpha value is -2.58. The fourth-order valence-electron chi connectivity index (χ4n) is 2.14. The molecule has 1 amide bonds. The van der Waals surface area contributed by atoms with Crippen molar-refractivity contribution in [3.63, 3.8) is 0 Å². The highest BCUT2D eigenvalue weighted by Gasteiger charge is 2.11. The number of hydrogen-bond acceptors (Lipinski definition) is 6. The molecule has 0 fully saturated rings. The van der Waals surface area contributed by atoms with E-state index in [1.54, 1.807) is 4.68 Å². The van der Waals surface area contributed by atoms with Gasteiger partial charge in [-0.1, -0.05) is 23.4 Å². The molecule has 0 saturated heterocycles. The second-order valence-corrected chi connectivity index (χ2v) is 6.21. The van der Waals surface area contributed by atoms with E-state index in [1.165, 1.54) is 18.3 Å². The van der Waals surface area contributed by atoms with Crippen molar-refractivity contribution in [3.05, 3.63) is 53.3 Å². The summed E-state index contributed by atoms with van der Waals surface area (Å²) in [7, 11) is 0. The highest BCUT2D eigenvalue weighted by molar-refractivity contribution is 7.13. The summed E-state index contributed by atoms with van der Waals surface area (Å²) < 4.78 is 1.76. The molecule has 24 heavy (non-hydrogen) atoms. The largest absolute Gasteiger partial charge is 0.303 e. The number of benzene rings is 1. The molecule has 0 bridgehead atoms. The number of carbonyl (C=O) groups is 1. The highest BCUT2D eigenvalue weighted by Crippen LogP contribution is 2.17. The van der Waals surface area contributed by atoms with Gasteiger partial charge in [-0.15, -0.1) is 16.4 Å². The lowest BCUT2D eigenvalue weighted by molar-refractivity contribution is -0.114. The van der Waals surface area contributed by atoms with E-state index in [1.807, 2.05) is 48.8 Å². The average Bonchev–Trinajstić information content (AvgIpc) is 3.22. The van der Waals surface area contributed by atoms with Gasteiger partial charge in [0.15, 0.2) is 5.13 Å². The Morgan fingerprint density at radius 1 is 1.33 bits per heavy atom. The molecule has 2 aromatic heterocycles. The minimum absolute atomic E-state index is 0.0355. The van der Waals surface area contributed by atoms with Gasteiger partial charge in [-0.3, -0.25) is 4.79 Å². The summed E-state index contributed by atoms with van der Waals surface area (Å²) in [6.07, 6.45) is 1.91. The molecule has 0 aliphatic heterocycles. The van der Waals surface area contributed by atoms with Gasteiger partial charge in [-0.05, 0) is 19.1 Å². The van der Waals surface area contributed by atoms with Crippen molar-refractivity contribution in [2.75, 3.05) is 5.32 Å². The molecule has 0 aliphatic carbocycles. The Morgan fingerprint density at radius 2 is 2.12 bits per heavy atom. The van der Waals surface area contributed by atoms with Crippen LogP contribution >= 0.6 is 11.3 Å². The standard InChI is InChI=1S/C16H18N6OS/c1-11(17-8-13-10-24-16(19-13)18-12(2)23)15-9-22(21-20-15)14-6-4-3-5-7-14/h3-7,9-11,17H,8H2,1-2H3,(H,18,19,23). The van der Waals surface area contributed by atoms with E-state index in [0.717, 1.165) is 17.1 Å². The van der Waals surface area contributed by atoms with Crippen molar-refractivity contribution in [2.45, 2.75) is 26.4 Å². The number of aromatic nitrogens is 4. The first-order chi connectivity index (χ1) is 11.6. The van der Waals surface area contributed by atoms with Crippen molar-refractivity contribution in [1.82, 2.24) is 25.3 Å².